The Labute approximate surface area is 203 Å². The van der Waals surface area contributed by atoms with Gasteiger partial charge in [0.05, 0.1) is 12.2 Å². The summed E-state index contributed by atoms with van der Waals surface area (Å²) in [7, 11) is 0. The van der Waals surface area contributed by atoms with Crippen molar-refractivity contribution in [2.45, 2.75) is 80.3 Å². The molecule has 3 aliphatic carbocycles. The van der Waals surface area contributed by atoms with E-state index in [9.17, 15) is 20.1 Å². The van der Waals surface area contributed by atoms with E-state index in [1.54, 1.807) is 6.92 Å². The minimum Gasteiger partial charge on any atom is -0.393 e. The molecule has 3 aliphatic heterocycles. The van der Waals surface area contributed by atoms with Gasteiger partial charge in [-0.15, -0.1) is 0 Å². The largest absolute Gasteiger partial charge is 0.393 e. The number of fused-ring (bicyclic) bond motifs is 3. The Morgan fingerprint density at radius 2 is 1.86 bits per heavy atom. The molecule has 0 amide bonds. The van der Waals surface area contributed by atoms with E-state index in [-0.39, 0.29) is 5.92 Å². The van der Waals surface area contributed by atoms with Crippen LogP contribution in [0.2, 0.25) is 0 Å². The van der Waals surface area contributed by atoms with E-state index in [0.29, 0.717) is 18.4 Å². The van der Waals surface area contributed by atoms with Crippen LogP contribution >= 0.6 is 0 Å². The molecule has 3 N–H and O–H groups in total. The van der Waals surface area contributed by atoms with E-state index in [4.69, 9.17) is 18.9 Å². The molecular formula is C27H32O8. The van der Waals surface area contributed by atoms with Gasteiger partial charge in [-0.3, -0.25) is 4.79 Å². The van der Waals surface area contributed by atoms with E-state index >= 15 is 0 Å². The lowest BCUT2D eigenvalue weighted by molar-refractivity contribution is -0.442. The Hall–Kier alpha value is -1.65. The van der Waals surface area contributed by atoms with Gasteiger partial charge < -0.3 is 34.3 Å². The number of hydrogen-bond acceptors (Lipinski definition) is 8. The fraction of sp³-hybridized carbons (Fsp3) is 0.667. The quantitative estimate of drug-likeness (QED) is 0.436. The molecule has 8 heteroatoms. The third-order valence-corrected chi connectivity index (χ3v) is 10.2. The molecule has 3 heterocycles. The van der Waals surface area contributed by atoms with Crippen LogP contribution in [0.5, 0.6) is 0 Å². The zero-order valence-electron chi connectivity index (χ0n) is 20.1. The summed E-state index contributed by atoms with van der Waals surface area (Å²) in [5, 5.41) is 34.1. The van der Waals surface area contributed by atoms with Crippen molar-refractivity contribution in [3.63, 3.8) is 0 Å². The summed E-state index contributed by atoms with van der Waals surface area (Å²) >= 11 is 0. The first-order valence-electron chi connectivity index (χ1n) is 12.6. The molecule has 188 valence electrons. The standard InChI is InChI=1S/C27H32O8/c1-13(2)23-11-15(4)26-17-10-14(3)19(29)25(17,31)22(30)24(12-28)21(32-24)18(26)20(23)33-27(34-23,35-26)16-8-6-5-7-9-16/h5-9,14-15,17-18,20-22,28,30-31H,1,10-12H2,2-4H3/t14-,15+,17-,18+,20+,21-,22+,23+,24-,25+,26-,27-/m0/s1. The zero-order valence-corrected chi connectivity index (χ0v) is 20.1. The molecule has 0 unspecified atom stereocenters. The fourth-order valence-electron chi connectivity index (χ4n) is 8.55. The minimum atomic E-state index is -2.13. The molecule has 0 spiro atoms. The number of carbonyl (C=O) groups is 1. The maximum Gasteiger partial charge on any atom is 0.313 e. The number of aliphatic hydroxyl groups excluding tert-OH is 2. The molecule has 0 radical (unpaired) electrons. The Morgan fingerprint density at radius 1 is 1.14 bits per heavy atom. The lowest BCUT2D eigenvalue weighted by atomic mass is 9.54. The monoisotopic (exact) mass is 484 g/mol. The topological polar surface area (TPSA) is 118 Å². The molecule has 6 aliphatic rings. The molecule has 3 bridgehead atoms. The van der Waals surface area contributed by atoms with Crippen LogP contribution in [0.25, 0.3) is 0 Å². The number of Topliss-reactive ketones (excluding diaryl/α,β-unsaturated/α-hetero) is 1. The fourth-order valence-corrected chi connectivity index (χ4v) is 8.55. The number of epoxide rings is 1. The van der Waals surface area contributed by atoms with Crippen LogP contribution in [-0.4, -0.2) is 68.4 Å². The van der Waals surface area contributed by atoms with Gasteiger partial charge in [0, 0.05) is 23.3 Å². The summed E-state index contributed by atoms with van der Waals surface area (Å²) in [6.45, 7) is 9.47. The second-order valence-corrected chi connectivity index (χ2v) is 11.8. The van der Waals surface area contributed by atoms with Crippen LogP contribution in [0.1, 0.15) is 39.2 Å². The molecule has 7 rings (SSSR count). The SMILES string of the molecule is C=C(C)[C@]12C[C@@H](C)[C@@]34O[C@@](c5ccccc5)(O[C@@H]1[C@@H]3[C@@H]1O[C@]1(CO)[C@@H](O)[C@]1(O)C(=O)[C@@H](C)C[C@@H]14)O2. The van der Waals surface area contributed by atoms with Crippen molar-refractivity contribution >= 4 is 5.78 Å². The lowest BCUT2D eigenvalue weighted by Gasteiger charge is -2.60. The zero-order chi connectivity index (χ0) is 24.8. The number of aliphatic hydroxyl groups is 3. The normalized spacial score (nSPS) is 57.3. The van der Waals surface area contributed by atoms with Gasteiger partial charge in [-0.25, -0.2) is 0 Å². The van der Waals surface area contributed by atoms with Gasteiger partial charge in [0.2, 0.25) is 0 Å². The van der Waals surface area contributed by atoms with Gasteiger partial charge in [0.15, 0.2) is 11.4 Å². The molecule has 1 aromatic carbocycles. The van der Waals surface area contributed by atoms with Crippen molar-refractivity contribution in [2.75, 3.05) is 6.61 Å². The summed E-state index contributed by atoms with van der Waals surface area (Å²) in [5.74, 6) is -3.91. The van der Waals surface area contributed by atoms with E-state index in [1.807, 2.05) is 44.2 Å². The van der Waals surface area contributed by atoms with Crippen LogP contribution < -0.4 is 0 Å². The van der Waals surface area contributed by atoms with Crippen molar-refractivity contribution in [3.05, 3.63) is 48.0 Å². The molecule has 3 saturated heterocycles. The summed E-state index contributed by atoms with van der Waals surface area (Å²) in [6.07, 6.45) is -1.97. The van der Waals surface area contributed by atoms with Crippen molar-refractivity contribution in [2.24, 2.45) is 23.7 Å². The van der Waals surface area contributed by atoms with Gasteiger partial charge in [-0.1, -0.05) is 50.8 Å². The van der Waals surface area contributed by atoms with E-state index in [0.717, 1.165) is 5.57 Å². The summed E-state index contributed by atoms with van der Waals surface area (Å²) < 4.78 is 26.6. The maximum absolute atomic E-state index is 13.5. The summed E-state index contributed by atoms with van der Waals surface area (Å²) in [6, 6.07) is 9.41. The third kappa shape index (κ3) is 2.20. The Morgan fingerprint density at radius 3 is 2.51 bits per heavy atom. The van der Waals surface area contributed by atoms with Gasteiger partial charge in [0.25, 0.3) is 0 Å². The van der Waals surface area contributed by atoms with Crippen LogP contribution in [-0.2, 0) is 29.7 Å². The molecule has 12 atom stereocenters. The van der Waals surface area contributed by atoms with Gasteiger partial charge in [-0.2, -0.15) is 0 Å². The first-order valence-corrected chi connectivity index (χ1v) is 12.6. The van der Waals surface area contributed by atoms with Crippen molar-refractivity contribution in [1.82, 2.24) is 0 Å². The van der Waals surface area contributed by atoms with E-state index in [1.165, 1.54) is 0 Å². The number of carbonyl (C=O) groups excluding carboxylic acids is 1. The highest BCUT2D eigenvalue weighted by Crippen LogP contribution is 2.74. The number of ether oxygens (including phenoxy) is 4. The molecule has 3 saturated carbocycles. The molecule has 1 aromatic rings. The Balaban J connectivity index is 1.52. The predicted molar refractivity (Wildman–Crippen MR) is 121 cm³/mol. The number of benzene rings is 1. The average molecular weight is 485 g/mol. The molecule has 6 fully saturated rings. The highest BCUT2D eigenvalue weighted by Gasteiger charge is 2.89. The summed E-state index contributed by atoms with van der Waals surface area (Å²) in [4.78, 5) is 13.5. The minimum absolute atomic E-state index is 0.199. The van der Waals surface area contributed by atoms with Crippen LogP contribution in [0.15, 0.2) is 42.5 Å². The average Bonchev–Trinajstić information content (AvgIpc) is 3.48. The Bertz CT molecular complexity index is 1140. The van der Waals surface area contributed by atoms with Crippen molar-refractivity contribution < 1.29 is 39.1 Å². The highest BCUT2D eigenvalue weighted by molar-refractivity contribution is 5.93. The van der Waals surface area contributed by atoms with E-state index < -0.39 is 76.8 Å². The second kappa shape index (κ2) is 6.42. The van der Waals surface area contributed by atoms with Crippen LogP contribution in [0, 0.1) is 23.7 Å². The lowest BCUT2D eigenvalue weighted by Crippen LogP contribution is -2.72. The van der Waals surface area contributed by atoms with Gasteiger partial charge in [0.1, 0.15) is 29.5 Å². The molecule has 8 nitrogen and oxygen atoms in total. The third-order valence-electron chi connectivity index (χ3n) is 10.2. The molecular weight excluding hydrogens is 452 g/mol. The number of hydrogen-bond donors (Lipinski definition) is 3. The number of ketones is 1. The first kappa shape index (κ1) is 22.5. The van der Waals surface area contributed by atoms with Crippen molar-refractivity contribution in [3.8, 4) is 0 Å². The predicted octanol–water partition coefficient (Wildman–Crippen LogP) is 1.41. The first-order chi connectivity index (χ1) is 16.5. The number of rotatable bonds is 3. The van der Waals surface area contributed by atoms with Crippen LogP contribution in [0.3, 0.4) is 0 Å². The summed E-state index contributed by atoms with van der Waals surface area (Å²) in [5.41, 5.74) is -4.14. The smallest absolute Gasteiger partial charge is 0.313 e. The highest BCUT2D eigenvalue weighted by atomic mass is 16.9. The van der Waals surface area contributed by atoms with Crippen molar-refractivity contribution in [1.29, 1.82) is 0 Å². The van der Waals surface area contributed by atoms with Gasteiger partial charge in [-0.05, 0) is 31.3 Å². The van der Waals surface area contributed by atoms with Crippen LogP contribution in [0.4, 0.5) is 0 Å². The maximum atomic E-state index is 13.5. The second-order valence-electron chi connectivity index (χ2n) is 11.8. The molecule has 35 heavy (non-hydrogen) atoms. The van der Waals surface area contributed by atoms with E-state index in [2.05, 4.69) is 6.58 Å². The van der Waals surface area contributed by atoms with Gasteiger partial charge >= 0.3 is 5.97 Å². The molecule has 0 aromatic heterocycles. The Kier molecular flexibility index (Phi) is 4.14.